The van der Waals surface area contributed by atoms with E-state index in [-0.39, 0.29) is 0 Å². The minimum absolute atomic E-state index is 0.432. The maximum atomic E-state index is 3.61. The fourth-order valence-corrected chi connectivity index (χ4v) is 2.65. The largest absolute Gasteiger partial charge is 0.377 e. The number of hydrogen-bond donors (Lipinski definition) is 1. The summed E-state index contributed by atoms with van der Waals surface area (Å²) in [5.41, 5.74) is 2.54. The fourth-order valence-electron chi connectivity index (χ4n) is 1.79. The third-order valence-electron chi connectivity index (χ3n) is 2.77. The highest BCUT2D eigenvalue weighted by Crippen LogP contribution is 2.27. The Balaban J connectivity index is 2.17. The van der Waals surface area contributed by atoms with E-state index in [0.717, 1.165) is 6.42 Å². The SMILES string of the molecule is CCC(Nc1ccccc1C)c1cccs1. The Bertz CT molecular complexity index is 434. The van der Waals surface area contributed by atoms with Gasteiger partial charge in [-0.2, -0.15) is 0 Å². The molecule has 0 aliphatic carbocycles. The normalized spacial score (nSPS) is 12.4. The van der Waals surface area contributed by atoms with Crippen molar-refractivity contribution in [1.82, 2.24) is 0 Å². The second-order valence-electron chi connectivity index (χ2n) is 3.94. The Morgan fingerprint density at radius 1 is 1.19 bits per heavy atom. The third-order valence-corrected chi connectivity index (χ3v) is 3.76. The summed E-state index contributed by atoms with van der Waals surface area (Å²) >= 11 is 1.82. The molecule has 1 atom stereocenters. The molecule has 1 aromatic carbocycles. The van der Waals surface area contributed by atoms with E-state index in [1.807, 2.05) is 11.3 Å². The monoisotopic (exact) mass is 231 g/mol. The van der Waals surface area contributed by atoms with Crippen molar-refractivity contribution < 1.29 is 0 Å². The minimum Gasteiger partial charge on any atom is -0.377 e. The first-order valence-electron chi connectivity index (χ1n) is 5.67. The summed E-state index contributed by atoms with van der Waals surface area (Å²) in [5, 5.41) is 5.75. The highest BCUT2D eigenvalue weighted by Gasteiger charge is 2.10. The highest BCUT2D eigenvalue weighted by molar-refractivity contribution is 7.10. The molecular weight excluding hydrogens is 214 g/mol. The van der Waals surface area contributed by atoms with Crippen molar-refractivity contribution in [1.29, 1.82) is 0 Å². The lowest BCUT2D eigenvalue weighted by atomic mass is 10.1. The molecule has 2 heteroatoms. The highest BCUT2D eigenvalue weighted by atomic mass is 32.1. The average molecular weight is 231 g/mol. The second-order valence-corrected chi connectivity index (χ2v) is 4.91. The van der Waals surface area contributed by atoms with Crippen LogP contribution in [0.4, 0.5) is 5.69 Å². The second kappa shape index (κ2) is 5.17. The topological polar surface area (TPSA) is 12.0 Å². The van der Waals surface area contributed by atoms with Crippen LogP contribution in [-0.2, 0) is 0 Å². The van der Waals surface area contributed by atoms with Gasteiger partial charge in [0.25, 0.3) is 0 Å². The van der Waals surface area contributed by atoms with Crippen LogP contribution in [0.1, 0.15) is 29.8 Å². The summed E-state index contributed by atoms with van der Waals surface area (Å²) in [7, 11) is 0. The maximum Gasteiger partial charge on any atom is 0.0604 e. The number of benzene rings is 1. The van der Waals surface area contributed by atoms with E-state index >= 15 is 0 Å². The molecule has 2 aromatic rings. The van der Waals surface area contributed by atoms with Crippen molar-refractivity contribution in [2.24, 2.45) is 0 Å². The van der Waals surface area contributed by atoms with E-state index in [1.54, 1.807) is 0 Å². The van der Waals surface area contributed by atoms with Crippen molar-refractivity contribution in [2.45, 2.75) is 26.3 Å². The van der Waals surface area contributed by atoms with Gasteiger partial charge >= 0.3 is 0 Å². The third kappa shape index (κ3) is 2.45. The lowest BCUT2D eigenvalue weighted by molar-refractivity contribution is 0.763. The lowest BCUT2D eigenvalue weighted by Gasteiger charge is -2.18. The van der Waals surface area contributed by atoms with Gasteiger partial charge in [-0.25, -0.2) is 0 Å². The van der Waals surface area contributed by atoms with E-state index in [9.17, 15) is 0 Å². The molecule has 1 N–H and O–H groups in total. The summed E-state index contributed by atoms with van der Waals surface area (Å²) in [6, 6.07) is 13.2. The Labute approximate surface area is 101 Å². The van der Waals surface area contributed by atoms with Gasteiger partial charge in [-0.3, -0.25) is 0 Å². The molecule has 2 rings (SSSR count). The van der Waals surface area contributed by atoms with Crippen LogP contribution in [0.25, 0.3) is 0 Å². The number of para-hydroxylation sites is 1. The molecule has 1 heterocycles. The molecular formula is C14H17NS. The number of rotatable bonds is 4. The zero-order valence-electron chi connectivity index (χ0n) is 9.73. The number of nitrogens with one attached hydrogen (secondary N) is 1. The van der Waals surface area contributed by atoms with Gasteiger partial charge in [0, 0.05) is 10.6 Å². The van der Waals surface area contributed by atoms with Crippen LogP contribution >= 0.6 is 11.3 Å². The van der Waals surface area contributed by atoms with Crippen LogP contribution in [0.5, 0.6) is 0 Å². The summed E-state index contributed by atoms with van der Waals surface area (Å²) in [4.78, 5) is 1.41. The van der Waals surface area contributed by atoms with Crippen molar-refractivity contribution in [3.05, 3.63) is 52.2 Å². The Morgan fingerprint density at radius 3 is 2.62 bits per heavy atom. The van der Waals surface area contributed by atoms with Crippen molar-refractivity contribution in [2.75, 3.05) is 5.32 Å². The molecule has 84 valence electrons. The minimum atomic E-state index is 0.432. The predicted octanol–water partition coefficient (Wildman–Crippen LogP) is 4.62. The van der Waals surface area contributed by atoms with Crippen LogP contribution in [0.2, 0.25) is 0 Å². The number of thiophene rings is 1. The predicted molar refractivity (Wildman–Crippen MR) is 72.2 cm³/mol. The molecule has 0 spiro atoms. The number of hydrogen-bond acceptors (Lipinski definition) is 2. The summed E-state index contributed by atoms with van der Waals surface area (Å²) in [5.74, 6) is 0. The molecule has 0 bridgehead atoms. The lowest BCUT2D eigenvalue weighted by Crippen LogP contribution is -2.08. The zero-order chi connectivity index (χ0) is 11.4. The maximum absolute atomic E-state index is 3.61. The molecule has 0 aliphatic rings. The van der Waals surface area contributed by atoms with Gasteiger partial charge in [0.15, 0.2) is 0 Å². The molecule has 1 unspecified atom stereocenters. The van der Waals surface area contributed by atoms with Crippen molar-refractivity contribution in [3.8, 4) is 0 Å². The first-order chi connectivity index (χ1) is 7.81. The van der Waals surface area contributed by atoms with Crippen molar-refractivity contribution in [3.63, 3.8) is 0 Å². The molecule has 0 amide bonds. The van der Waals surface area contributed by atoms with Gasteiger partial charge in [0.2, 0.25) is 0 Å². The molecule has 16 heavy (non-hydrogen) atoms. The average Bonchev–Trinajstić information content (AvgIpc) is 2.81. The molecule has 1 aromatic heterocycles. The molecule has 1 nitrogen and oxygen atoms in total. The van der Waals surface area contributed by atoms with Crippen LogP contribution in [0.3, 0.4) is 0 Å². The van der Waals surface area contributed by atoms with Crippen LogP contribution in [-0.4, -0.2) is 0 Å². The fraction of sp³-hybridized carbons (Fsp3) is 0.286. The molecule has 0 radical (unpaired) electrons. The van der Waals surface area contributed by atoms with E-state index in [0.29, 0.717) is 6.04 Å². The van der Waals surface area contributed by atoms with Gasteiger partial charge < -0.3 is 5.32 Å². The first kappa shape index (κ1) is 11.2. The van der Waals surface area contributed by atoms with Crippen LogP contribution in [0, 0.1) is 6.92 Å². The van der Waals surface area contributed by atoms with Gasteiger partial charge in [-0.05, 0) is 36.4 Å². The quantitative estimate of drug-likeness (QED) is 0.809. The van der Waals surface area contributed by atoms with E-state index in [1.165, 1.54) is 16.1 Å². The summed E-state index contributed by atoms with van der Waals surface area (Å²) < 4.78 is 0. The standard InChI is InChI=1S/C14H17NS/c1-3-12(14-9-6-10-16-14)15-13-8-5-4-7-11(13)2/h4-10,12,15H,3H2,1-2H3. The molecule has 0 fully saturated rings. The van der Waals surface area contributed by atoms with Gasteiger partial charge in [0.05, 0.1) is 6.04 Å². The molecule has 0 saturated heterocycles. The number of aryl methyl sites for hydroxylation is 1. The van der Waals surface area contributed by atoms with E-state index in [2.05, 4.69) is 60.9 Å². The van der Waals surface area contributed by atoms with Crippen molar-refractivity contribution >= 4 is 17.0 Å². The van der Waals surface area contributed by atoms with Gasteiger partial charge in [0.1, 0.15) is 0 Å². The van der Waals surface area contributed by atoms with Gasteiger partial charge in [-0.1, -0.05) is 31.2 Å². The van der Waals surface area contributed by atoms with Gasteiger partial charge in [-0.15, -0.1) is 11.3 Å². The summed E-state index contributed by atoms with van der Waals surface area (Å²) in [6.07, 6.45) is 1.11. The smallest absolute Gasteiger partial charge is 0.0604 e. The molecule has 0 aliphatic heterocycles. The Kier molecular flexibility index (Phi) is 3.62. The Morgan fingerprint density at radius 2 is 2.00 bits per heavy atom. The Hall–Kier alpha value is -1.28. The van der Waals surface area contributed by atoms with E-state index in [4.69, 9.17) is 0 Å². The molecule has 0 saturated carbocycles. The number of anilines is 1. The summed E-state index contributed by atoms with van der Waals surface area (Å²) in [6.45, 7) is 4.36. The van der Waals surface area contributed by atoms with Crippen LogP contribution in [0.15, 0.2) is 41.8 Å². The van der Waals surface area contributed by atoms with Crippen LogP contribution < -0.4 is 5.32 Å². The zero-order valence-corrected chi connectivity index (χ0v) is 10.6. The first-order valence-corrected chi connectivity index (χ1v) is 6.54. The van der Waals surface area contributed by atoms with E-state index < -0.39 is 0 Å².